The van der Waals surface area contributed by atoms with Gasteiger partial charge in [0, 0.05) is 17.5 Å². The monoisotopic (exact) mass is 464 g/mol. The Labute approximate surface area is 204 Å². The SMILES string of the molecule is O=C(Cc1cccc(N(Cc2ccccc2)C(=O)/C=C/c2ccccc2)c1)Nc1ccc(F)cc1. The molecule has 174 valence electrons. The Morgan fingerprint density at radius 3 is 2.14 bits per heavy atom. The fraction of sp³-hybridized carbons (Fsp3) is 0.0667. The van der Waals surface area contributed by atoms with Gasteiger partial charge in [0.15, 0.2) is 0 Å². The highest BCUT2D eigenvalue weighted by atomic mass is 19.1. The van der Waals surface area contributed by atoms with Gasteiger partial charge in [-0.25, -0.2) is 4.39 Å². The standard InChI is InChI=1S/C30H25FN2O2/c31-26-15-17-27(18-16-26)32-29(34)21-25-12-7-13-28(20-25)33(22-24-10-5-2-6-11-24)30(35)19-14-23-8-3-1-4-9-23/h1-20H,21-22H2,(H,32,34)/b19-14+. The molecule has 0 saturated carbocycles. The zero-order valence-electron chi connectivity index (χ0n) is 19.1. The van der Waals surface area contributed by atoms with Gasteiger partial charge >= 0.3 is 0 Å². The van der Waals surface area contributed by atoms with Gasteiger partial charge in [0.2, 0.25) is 5.91 Å². The topological polar surface area (TPSA) is 49.4 Å². The maximum absolute atomic E-state index is 13.3. The van der Waals surface area contributed by atoms with Crippen molar-refractivity contribution in [3.8, 4) is 0 Å². The van der Waals surface area contributed by atoms with E-state index < -0.39 is 0 Å². The molecule has 0 aliphatic carbocycles. The van der Waals surface area contributed by atoms with Crippen LogP contribution in [-0.4, -0.2) is 11.8 Å². The first-order chi connectivity index (χ1) is 17.1. The zero-order valence-corrected chi connectivity index (χ0v) is 19.1. The highest BCUT2D eigenvalue weighted by Crippen LogP contribution is 2.21. The normalized spacial score (nSPS) is 10.8. The van der Waals surface area contributed by atoms with Crippen molar-refractivity contribution in [2.24, 2.45) is 0 Å². The molecule has 5 heteroatoms. The largest absolute Gasteiger partial charge is 0.326 e. The van der Waals surface area contributed by atoms with Gasteiger partial charge in [-0.1, -0.05) is 72.8 Å². The van der Waals surface area contributed by atoms with Crippen LogP contribution in [-0.2, 0) is 22.6 Å². The third kappa shape index (κ3) is 6.98. The summed E-state index contributed by atoms with van der Waals surface area (Å²) >= 11 is 0. The lowest BCUT2D eigenvalue weighted by Gasteiger charge is -2.22. The number of hydrogen-bond donors (Lipinski definition) is 1. The van der Waals surface area contributed by atoms with Gasteiger partial charge in [-0.15, -0.1) is 0 Å². The van der Waals surface area contributed by atoms with E-state index in [1.165, 1.54) is 24.3 Å². The van der Waals surface area contributed by atoms with E-state index in [0.717, 1.165) is 16.7 Å². The third-order valence-electron chi connectivity index (χ3n) is 5.38. The molecule has 0 bridgehead atoms. The Balaban J connectivity index is 1.53. The first-order valence-electron chi connectivity index (χ1n) is 11.3. The lowest BCUT2D eigenvalue weighted by molar-refractivity contribution is -0.115. The Hall–Kier alpha value is -4.51. The van der Waals surface area contributed by atoms with Crippen molar-refractivity contribution in [3.05, 3.63) is 138 Å². The molecule has 4 aromatic carbocycles. The molecular formula is C30H25FN2O2. The fourth-order valence-electron chi connectivity index (χ4n) is 3.64. The number of rotatable bonds is 8. The van der Waals surface area contributed by atoms with Gasteiger partial charge < -0.3 is 10.2 Å². The van der Waals surface area contributed by atoms with Gasteiger partial charge in [-0.05, 0) is 59.2 Å². The van der Waals surface area contributed by atoms with Crippen LogP contribution in [0.15, 0.2) is 115 Å². The second-order valence-corrected chi connectivity index (χ2v) is 8.06. The molecule has 2 amide bonds. The average Bonchev–Trinajstić information content (AvgIpc) is 2.88. The molecule has 0 aliphatic heterocycles. The van der Waals surface area contributed by atoms with E-state index in [2.05, 4.69) is 5.32 Å². The van der Waals surface area contributed by atoms with Crippen LogP contribution in [0.25, 0.3) is 6.08 Å². The van der Waals surface area contributed by atoms with Crippen molar-refractivity contribution in [1.29, 1.82) is 0 Å². The summed E-state index contributed by atoms with van der Waals surface area (Å²) in [6, 6.07) is 32.4. The lowest BCUT2D eigenvalue weighted by Crippen LogP contribution is -2.28. The summed E-state index contributed by atoms with van der Waals surface area (Å²) in [5, 5.41) is 2.77. The predicted molar refractivity (Wildman–Crippen MR) is 138 cm³/mol. The molecule has 1 N–H and O–H groups in total. The zero-order chi connectivity index (χ0) is 24.5. The summed E-state index contributed by atoms with van der Waals surface area (Å²) in [5.74, 6) is -0.746. The Kier molecular flexibility index (Phi) is 7.81. The molecule has 0 saturated heterocycles. The number of amides is 2. The summed E-state index contributed by atoms with van der Waals surface area (Å²) in [5.41, 5.74) is 3.92. The fourth-order valence-corrected chi connectivity index (χ4v) is 3.64. The third-order valence-corrected chi connectivity index (χ3v) is 5.38. The van der Waals surface area contributed by atoms with Crippen LogP contribution in [0.4, 0.5) is 15.8 Å². The summed E-state index contributed by atoms with van der Waals surface area (Å²) in [6.45, 7) is 0.393. The van der Waals surface area contributed by atoms with Crippen molar-refractivity contribution in [2.45, 2.75) is 13.0 Å². The highest BCUT2D eigenvalue weighted by Gasteiger charge is 2.15. The van der Waals surface area contributed by atoms with Gasteiger partial charge in [0.05, 0.1) is 13.0 Å². The minimum absolute atomic E-state index is 0.123. The maximum atomic E-state index is 13.3. The van der Waals surface area contributed by atoms with E-state index in [4.69, 9.17) is 0 Å². The van der Waals surface area contributed by atoms with Gasteiger partial charge in [0.1, 0.15) is 5.82 Å². The number of nitrogens with zero attached hydrogens (tertiary/aromatic N) is 1. The van der Waals surface area contributed by atoms with E-state index >= 15 is 0 Å². The minimum atomic E-state index is -0.361. The minimum Gasteiger partial charge on any atom is -0.326 e. The molecule has 0 spiro atoms. The molecule has 0 heterocycles. The number of carbonyl (C=O) groups is 2. The molecule has 4 rings (SSSR count). The van der Waals surface area contributed by atoms with E-state index in [9.17, 15) is 14.0 Å². The molecular weight excluding hydrogens is 439 g/mol. The van der Waals surface area contributed by atoms with E-state index in [1.54, 1.807) is 17.1 Å². The van der Waals surface area contributed by atoms with E-state index in [1.807, 2.05) is 84.9 Å². The second kappa shape index (κ2) is 11.6. The van der Waals surface area contributed by atoms with Gasteiger partial charge in [-0.3, -0.25) is 9.59 Å². The van der Waals surface area contributed by atoms with E-state index in [0.29, 0.717) is 17.9 Å². The molecule has 0 unspecified atom stereocenters. The molecule has 35 heavy (non-hydrogen) atoms. The molecule has 0 aliphatic rings. The summed E-state index contributed by atoms with van der Waals surface area (Å²) in [6.07, 6.45) is 3.48. The maximum Gasteiger partial charge on any atom is 0.251 e. The smallest absolute Gasteiger partial charge is 0.251 e. The van der Waals surface area contributed by atoms with Crippen LogP contribution >= 0.6 is 0 Å². The van der Waals surface area contributed by atoms with Crippen molar-refractivity contribution in [2.75, 3.05) is 10.2 Å². The Morgan fingerprint density at radius 1 is 0.771 bits per heavy atom. The predicted octanol–water partition coefficient (Wildman–Crippen LogP) is 6.25. The summed E-state index contributed by atoms with van der Waals surface area (Å²) in [4.78, 5) is 27.5. The Bertz CT molecular complexity index is 1300. The van der Waals surface area contributed by atoms with Crippen LogP contribution in [0, 0.1) is 5.82 Å². The van der Waals surface area contributed by atoms with Crippen LogP contribution in [0.1, 0.15) is 16.7 Å². The number of carbonyl (C=O) groups excluding carboxylic acids is 2. The quantitative estimate of drug-likeness (QED) is 0.313. The summed E-state index contributed by atoms with van der Waals surface area (Å²) < 4.78 is 13.1. The van der Waals surface area contributed by atoms with Crippen LogP contribution in [0.2, 0.25) is 0 Å². The first-order valence-corrected chi connectivity index (χ1v) is 11.3. The average molecular weight is 465 g/mol. The second-order valence-electron chi connectivity index (χ2n) is 8.06. The number of nitrogens with one attached hydrogen (secondary N) is 1. The van der Waals surface area contributed by atoms with Crippen molar-refractivity contribution in [3.63, 3.8) is 0 Å². The van der Waals surface area contributed by atoms with Crippen molar-refractivity contribution < 1.29 is 14.0 Å². The van der Waals surface area contributed by atoms with Crippen LogP contribution in [0.3, 0.4) is 0 Å². The molecule has 0 radical (unpaired) electrons. The lowest BCUT2D eigenvalue weighted by atomic mass is 10.1. The molecule has 0 aromatic heterocycles. The number of halogens is 1. The number of benzene rings is 4. The molecule has 0 fully saturated rings. The van der Waals surface area contributed by atoms with Gasteiger partial charge in [0.25, 0.3) is 5.91 Å². The van der Waals surface area contributed by atoms with E-state index in [-0.39, 0.29) is 24.1 Å². The molecule has 4 nitrogen and oxygen atoms in total. The number of anilines is 2. The highest BCUT2D eigenvalue weighted by molar-refractivity contribution is 6.04. The van der Waals surface area contributed by atoms with Crippen molar-refractivity contribution in [1.82, 2.24) is 0 Å². The van der Waals surface area contributed by atoms with Crippen LogP contribution < -0.4 is 10.2 Å². The molecule has 4 aromatic rings. The first kappa shape index (κ1) is 23.6. The van der Waals surface area contributed by atoms with Crippen LogP contribution in [0.5, 0.6) is 0 Å². The summed E-state index contributed by atoms with van der Waals surface area (Å²) in [7, 11) is 0. The Morgan fingerprint density at radius 2 is 1.43 bits per heavy atom. The van der Waals surface area contributed by atoms with Gasteiger partial charge in [-0.2, -0.15) is 0 Å². The van der Waals surface area contributed by atoms with Crippen molar-refractivity contribution >= 4 is 29.3 Å². The number of hydrogen-bond acceptors (Lipinski definition) is 2. The molecule has 0 atom stereocenters.